The smallest absolute Gasteiger partial charge is 0.416 e. The van der Waals surface area contributed by atoms with Crippen molar-refractivity contribution >= 4 is 0 Å². The van der Waals surface area contributed by atoms with Crippen molar-refractivity contribution in [3.63, 3.8) is 0 Å². The molecule has 0 spiro atoms. The zero-order chi connectivity index (χ0) is 19.1. The Balaban J connectivity index is 2.11. The molecule has 0 unspecified atom stereocenters. The van der Waals surface area contributed by atoms with Gasteiger partial charge in [-0.15, -0.1) is 5.10 Å². The maximum absolute atomic E-state index is 12.9. The van der Waals surface area contributed by atoms with Crippen molar-refractivity contribution in [2.45, 2.75) is 12.4 Å². The third kappa shape index (κ3) is 3.26. The van der Waals surface area contributed by atoms with Crippen LogP contribution in [-0.4, -0.2) is 15.4 Å². The molecule has 3 aromatic rings. The highest BCUT2D eigenvalue weighted by molar-refractivity contribution is 5.66. The van der Waals surface area contributed by atoms with E-state index in [0.29, 0.717) is 12.1 Å². The van der Waals surface area contributed by atoms with Gasteiger partial charge in [0.05, 0.1) is 11.1 Å². The van der Waals surface area contributed by atoms with E-state index in [1.807, 2.05) is 0 Å². The van der Waals surface area contributed by atoms with Crippen molar-refractivity contribution < 1.29 is 30.8 Å². The lowest BCUT2D eigenvalue weighted by Gasteiger charge is -2.13. The number of aromatic nitrogens is 3. The molecule has 0 atom stereocenters. The summed E-state index contributed by atoms with van der Waals surface area (Å²) < 4.78 is 82.8. The van der Waals surface area contributed by atoms with E-state index in [2.05, 4.69) is 15.4 Å². The third-order valence-electron chi connectivity index (χ3n) is 3.37. The van der Waals surface area contributed by atoms with Crippen LogP contribution in [0.3, 0.4) is 0 Å². The van der Waals surface area contributed by atoms with Crippen LogP contribution in [0.1, 0.15) is 16.8 Å². The molecule has 3 rings (SSSR count). The lowest BCUT2D eigenvalue weighted by molar-refractivity contribution is -0.143. The molecule has 1 aromatic carbocycles. The topological polar surface area (TPSA) is 78.5 Å². The average Bonchev–Trinajstić information content (AvgIpc) is 3.21. The molecule has 0 radical (unpaired) electrons. The van der Waals surface area contributed by atoms with Crippen LogP contribution in [-0.2, 0) is 12.4 Å². The molecule has 26 heavy (non-hydrogen) atoms. The van der Waals surface area contributed by atoms with E-state index in [0.717, 1.165) is 0 Å². The number of nitrogens with zero attached hydrogens (tertiary/aromatic N) is 3. The molecule has 1 N–H and O–H groups in total. The Bertz CT molecular complexity index is 960. The first kappa shape index (κ1) is 17.5. The number of alkyl halides is 6. The van der Waals surface area contributed by atoms with Crippen molar-refractivity contribution in [2.75, 3.05) is 0 Å². The molecule has 2 aromatic heterocycles. The molecule has 0 amide bonds. The van der Waals surface area contributed by atoms with Gasteiger partial charge in [-0.25, -0.2) is 0 Å². The number of nitriles is 1. The van der Waals surface area contributed by atoms with Crippen LogP contribution in [0.2, 0.25) is 0 Å². The number of hydrogen-bond acceptors (Lipinski definition) is 4. The van der Waals surface area contributed by atoms with Crippen LogP contribution in [0, 0.1) is 11.3 Å². The van der Waals surface area contributed by atoms with Gasteiger partial charge in [-0.2, -0.15) is 41.9 Å². The van der Waals surface area contributed by atoms with Crippen molar-refractivity contribution in [2.24, 2.45) is 0 Å². The number of hydrogen-bond donors (Lipinski definition) is 1. The van der Waals surface area contributed by atoms with Gasteiger partial charge < -0.3 is 4.42 Å². The van der Waals surface area contributed by atoms with E-state index in [1.165, 1.54) is 12.1 Å². The predicted molar refractivity (Wildman–Crippen MR) is 74.2 cm³/mol. The summed E-state index contributed by atoms with van der Waals surface area (Å²) in [6.45, 7) is 0. The molecule has 0 saturated heterocycles. The summed E-state index contributed by atoms with van der Waals surface area (Å²) in [6, 6.07) is 5.29. The minimum absolute atomic E-state index is 0.0122. The fourth-order valence-electron chi connectivity index (χ4n) is 2.20. The molecule has 0 saturated carbocycles. The van der Waals surface area contributed by atoms with Crippen molar-refractivity contribution in [3.8, 4) is 28.8 Å². The molecular weight excluding hydrogens is 366 g/mol. The molecule has 0 fully saturated rings. The highest BCUT2D eigenvalue weighted by atomic mass is 19.4. The largest absolute Gasteiger partial charge is 0.454 e. The summed E-state index contributed by atoms with van der Waals surface area (Å²) in [5.41, 5.74) is -3.48. The van der Waals surface area contributed by atoms with Gasteiger partial charge >= 0.3 is 12.4 Å². The Kier molecular flexibility index (Phi) is 3.98. The van der Waals surface area contributed by atoms with E-state index >= 15 is 0 Å². The zero-order valence-electron chi connectivity index (χ0n) is 12.4. The van der Waals surface area contributed by atoms with E-state index < -0.39 is 29.0 Å². The molecule has 0 aliphatic heterocycles. The van der Waals surface area contributed by atoms with Gasteiger partial charge in [0.15, 0.2) is 17.1 Å². The summed E-state index contributed by atoms with van der Waals surface area (Å²) in [7, 11) is 0. The average molecular weight is 372 g/mol. The second kappa shape index (κ2) is 5.91. The predicted octanol–water partition coefficient (Wildman–Crippen LogP) is 4.64. The Morgan fingerprint density at radius 3 is 2.00 bits per heavy atom. The van der Waals surface area contributed by atoms with Crippen LogP contribution < -0.4 is 0 Å². The molecule has 5 nitrogen and oxygen atoms in total. The van der Waals surface area contributed by atoms with Crippen LogP contribution in [0.4, 0.5) is 26.3 Å². The van der Waals surface area contributed by atoms with Gasteiger partial charge in [0, 0.05) is 5.56 Å². The lowest BCUT2D eigenvalue weighted by Crippen LogP contribution is -2.11. The molecule has 2 heterocycles. The van der Waals surface area contributed by atoms with Crippen molar-refractivity contribution in [1.82, 2.24) is 15.4 Å². The lowest BCUT2D eigenvalue weighted by atomic mass is 10.0. The molecule has 11 heteroatoms. The molecule has 0 bridgehead atoms. The van der Waals surface area contributed by atoms with Crippen LogP contribution in [0.25, 0.3) is 22.8 Å². The van der Waals surface area contributed by atoms with E-state index in [4.69, 9.17) is 9.68 Å². The normalized spacial score (nSPS) is 12.2. The maximum Gasteiger partial charge on any atom is 0.416 e. The van der Waals surface area contributed by atoms with Crippen molar-refractivity contribution in [3.05, 3.63) is 47.2 Å². The number of halogens is 6. The summed E-state index contributed by atoms with van der Waals surface area (Å²) in [4.78, 5) is 0. The highest BCUT2D eigenvalue weighted by Gasteiger charge is 2.37. The van der Waals surface area contributed by atoms with E-state index in [9.17, 15) is 26.3 Å². The Morgan fingerprint density at radius 2 is 1.46 bits per heavy atom. The molecule has 134 valence electrons. The standard InChI is InChI=1S/C15H6F6N4O/c16-14(17,18)8-3-7(4-9(5-8)15(19,20)21)11-1-2-12(26-11)13-10(6-22)23-25-24-13/h1-5H,(H,23,24,25). The van der Waals surface area contributed by atoms with E-state index in [1.54, 1.807) is 6.07 Å². The fourth-order valence-corrected chi connectivity index (χ4v) is 2.20. The molecule has 0 aliphatic carbocycles. The molecular formula is C15H6F6N4O. The SMILES string of the molecule is N#Cc1n[nH]nc1-c1ccc(-c2cc(C(F)(F)F)cc(C(F)(F)F)c2)o1. The minimum Gasteiger partial charge on any atom is -0.454 e. The second-order valence-corrected chi connectivity index (χ2v) is 5.09. The van der Waals surface area contributed by atoms with Crippen LogP contribution in [0.15, 0.2) is 34.7 Å². The summed E-state index contributed by atoms with van der Waals surface area (Å²) in [5.74, 6) is -0.278. The van der Waals surface area contributed by atoms with Gasteiger partial charge in [0.25, 0.3) is 0 Å². The quantitative estimate of drug-likeness (QED) is 0.665. The number of benzene rings is 1. The molecule has 0 aliphatic rings. The number of nitrogens with one attached hydrogen (secondary N) is 1. The van der Waals surface area contributed by atoms with Gasteiger partial charge in [0.1, 0.15) is 11.8 Å². The Labute approximate surface area is 140 Å². The minimum atomic E-state index is -4.97. The Hall–Kier alpha value is -3.29. The first-order valence-corrected chi connectivity index (χ1v) is 6.80. The monoisotopic (exact) mass is 372 g/mol. The number of rotatable bonds is 2. The number of furan rings is 1. The van der Waals surface area contributed by atoms with Crippen LogP contribution in [0.5, 0.6) is 0 Å². The number of aromatic amines is 1. The Morgan fingerprint density at radius 1 is 0.885 bits per heavy atom. The van der Waals surface area contributed by atoms with Gasteiger partial charge in [-0.1, -0.05) is 0 Å². The summed E-state index contributed by atoms with van der Waals surface area (Å²) >= 11 is 0. The van der Waals surface area contributed by atoms with Gasteiger partial charge in [0.2, 0.25) is 0 Å². The summed E-state index contributed by atoms with van der Waals surface area (Å²) in [5, 5.41) is 18.3. The van der Waals surface area contributed by atoms with Gasteiger partial charge in [-0.3, -0.25) is 0 Å². The number of H-pyrrole nitrogens is 1. The first-order valence-electron chi connectivity index (χ1n) is 6.80. The fraction of sp³-hybridized carbons (Fsp3) is 0.133. The zero-order valence-corrected chi connectivity index (χ0v) is 12.4. The maximum atomic E-state index is 12.9. The van der Waals surface area contributed by atoms with Crippen LogP contribution >= 0.6 is 0 Å². The highest BCUT2D eigenvalue weighted by Crippen LogP contribution is 2.39. The summed E-state index contributed by atoms with van der Waals surface area (Å²) in [6.07, 6.45) is -9.93. The van der Waals surface area contributed by atoms with Gasteiger partial charge in [-0.05, 0) is 30.3 Å². The van der Waals surface area contributed by atoms with E-state index in [-0.39, 0.29) is 29.0 Å². The van der Waals surface area contributed by atoms with Crippen molar-refractivity contribution in [1.29, 1.82) is 5.26 Å². The third-order valence-corrected chi connectivity index (χ3v) is 3.37. The first-order chi connectivity index (χ1) is 12.1. The second-order valence-electron chi connectivity index (χ2n) is 5.09.